The van der Waals surface area contributed by atoms with Gasteiger partial charge in [0.25, 0.3) is 5.91 Å². The minimum atomic E-state index is -0.848. The first kappa shape index (κ1) is 16.1. The first-order chi connectivity index (χ1) is 11.6. The number of benzene rings is 2. The van der Waals surface area contributed by atoms with Crippen LogP contribution in [0.3, 0.4) is 0 Å². The first-order valence-electron chi connectivity index (χ1n) is 8.00. The van der Waals surface area contributed by atoms with Crippen LogP contribution in [0.5, 0.6) is 11.5 Å². The fourth-order valence-corrected chi connectivity index (χ4v) is 3.01. The molecule has 2 N–H and O–H groups in total. The van der Waals surface area contributed by atoms with E-state index in [-0.39, 0.29) is 11.9 Å². The minimum absolute atomic E-state index is 0.272. The van der Waals surface area contributed by atoms with E-state index in [9.17, 15) is 14.7 Å². The van der Waals surface area contributed by atoms with Gasteiger partial charge in [-0.25, -0.2) is 0 Å². The molecule has 0 saturated heterocycles. The summed E-state index contributed by atoms with van der Waals surface area (Å²) in [6, 6.07) is 15.9. The predicted molar refractivity (Wildman–Crippen MR) is 89.2 cm³/mol. The molecule has 0 spiro atoms. The number of carbonyl (C=O) groups excluding carboxylic acids is 1. The Morgan fingerprint density at radius 2 is 1.75 bits per heavy atom. The summed E-state index contributed by atoms with van der Waals surface area (Å²) < 4.78 is 5.72. The number of carboxylic acid groups (broad SMARTS) is 1. The molecule has 0 radical (unpaired) electrons. The number of para-hydroxylation sites is 1. The number of amides is 1. The van der Waals surface area contributed by atoms with E-state index in [0.29, 0.717) is 29.9 Å². The Labute approximate surface area is 140 Å². The minimum Gasteiger partial charge on any atom is -0.481 e. The number of hydrogen-bond donors (Lipinski definition) is 2. The SMILES string of the molecule is O=C(N[C@H]1CCC[C@H]1C(=O)O)c1cccc(Oc2ccccc2)c1. The molecule has 5 nitrogen and oxygen atoms in total. The molecule has 2 aromatic carbocycles. The third kappa shape index (κ3) is 3.74. The van der Waals surface area contributed by atoms with Crippen LogP contribution < -0.4 is 10.1 Å². The van der Waals surface area contributed by atoms with E-state index in [1.807, 2.05) is 30.3 Å². The van der Waals surface area contributed by atoms with Crippen molar-refractivity contribution in [2.75, 3.05) is 0 Å². The Bertz CT molecular complexity index is 729. The van der Waals surface area contributed by atoms with E-state index in [1.54, 1.807) is 24.3 Å². The second-order valence-electron chi connectivity index (χ2n) is 5.90. The van der Waals surface area contributed by atoms with Gasteiger partial charge in [0.2, 0.25) is 0 Å². The lowest BCUT2D eigenvalue weighted by atomic mass is 10.0. The first-order valence-corrected chi connectivity index (χ1v) is 8.00. The zero-order valence-corrected chi connectivity index (χ0v) is 13.1. The van der Waals surface area contributed by atoms with Crippen molar-refractivity contribution in [1.29, 1.82) is 0 Å². The lowest BCUT2D eigenvalue weighted by Crippen LogP contribution is -2.40. The zero-order chi connectivity index (χ0) is 16.9. The van der Waals surface area contributed by atoms with Crippen LogP contribution in [-0.4, -0.2) is 23.0 Å². The van der Waals surface area contributed by atoms with Gasteiger partial charge in [-0.15, -0.1) is 0 Å². The smallest absolute Gasteiger partial charge is 0.308 e. The number of carbonyl (C=O) groups is 2. The number of nitrogens with one attached hydrogen (secondary N) is 1. The van der Waals surface area contributed by atoms with Crippen LogP contribution in [0.15, 0.2) is 54.6 Å². The number of hydrogen-bond acceptors (Lipinski definition) is 3. The van der Waals surface area contributed by atoms with Crippen molar-refractivity contribution >= 4 is 11.9 Å². The van der Waals surface area contributed by atoms with E-state index in [2.05, 4.69) is 5.32 Å². The average Bonchev–Trinajstić information content (AvgIpc) is 3.04. The molecule has 1 aliphatic carbocycles. The van der Waals surface area contributed by atoms with Crippen LogP contribution in [0, 0.1) is 5.92 Å². The molecule has 2 atom stereocenters. The number of rotatable bonds is 5. The van der Waals surface area contributed by atoms with Crippen molar-refractivity contribution < 1.29 is 19.4 Å². The third-order valence-electron chi connectivity index (χ3n) is 4.22. The quantitative estimate of drug-likeness (QED) is 0.882. The lowest BCUT2D eigenvalue weighted by molar-refractivity contribution is -0.142. The van der Waals surface area contributed by atoms with Gasteiger partial charge in [0.05, 0.1) is 5.92 Å². The van der Waals surface area contributed by atoms with E-state index in [0.717, 1.165) is 6.42 Å². The summed E-state index contributed by atoms with van der Waals surface area (Å²) in [4.78, 5) is 23.6. The molecule has 0 bridgehead atoms. The van der Waals surface area contributed by atoms with E-state index < -0.39 is 11.9 Å². The van der Waals surface area contributed by atoms with Crippen LogP contribution in [0.2, 0.25) is 0 Å². The Balaban J connectivity index is 1.69. The second-order valence-corrected chi connectivity index (χ2v) is 5.90. The summed E-state index contributed by atoms with van der Waals surface area (Å²) in [7, 11) is 0. The van der Waals surface area contributed by atoms with Crippen LogP contribution in [0.4, 0.5) is 0 Å². The predicted octanol–water partition coefficient (Wildman–Crippen LogP) is 3.46. The molecule has 1 fully saturated rings. The zero-order valence-electron chi connectivity index (χ0n) is 13.1. The van der Waals surface area contributed by atoms with Crippen molar-refractivity contribution in [3.8, 4) is 11.5 Å². The van der Waals surface area contributed by atoms with Crippen molar-refractivity contribution in [3.05, 3.63) is 60.2 Å². The highest BCUT2D eigenvalue weighted by Gasteiger charge is 2.34. The maximum atomic E-state index is 12.4. The van der Waals surface area contributed by atoms with Crippen molar-refractivity contribution in [2.24, 2.45) is 5.92 Å². The molecule has 0 aromatic heterocycles. The standard InChI is InChI=1S/C19H19NO4/c21-18(20-17-11-5-10-16(17)19(22)23)13-6-4-9-15(12-13)24-14-7-2-1-3-8-14/h1-4,6-9,12,16-17H,5,10-11H2,(H,20,21)(H,22,23)/t16-,17+/m1/s1. The topological polar surface area (TPSA) is 75.6 Å². The van der Waals surface area contributed by atoms with Gasteiger partial charge in [0, 0.05) is 11.6 Å². The van der Waals surface area contributed by atoms with E-state index in [4.69, 9.17) is 4.74 Å². The molecule has 1 aliphatic rings. The summed E-state index contributed by atoms with van der Waals surface area (Å²) in [5.41, 5.74) is 0.458. The number of carboxylic acids is 1. The highest BCUT2D eigenvalue weighted by Crippen LogP contribution is 2.27. The second kappa shape index (κ2) is 7.17. The molecule has 0 unspecified atom stereocenters. The summed E-state index contributed by atoms with van der Waals surface area (Å²) in [6.07, 6.45) is 2.12. The molecule has 1 amide bonds. The summed E-state index contributed by atoms with van der Waals surface area (Å²) in [6.45, 7) is 0. The third-order valence-corrected chi connectivity index (χ3v) is 4.22. The molecular weight excluding hydrogens is 306 g/mol. The average molecular weight is 325 g/mol. The van der Waals surface area contributed by atoms with Crippen molar-refractivity contribution in [2.45, 2.75) is 25.3 Å². The Morgan fingerprint density at radius 1 is 1.00 bits per heavy atom. The van der Waals surface area contributed by atoms with Gasteiger partial charge in [-0.1, -0.05) is 30.7 Å². The van der Waals surface area contributed by atoms with E-state index in [1.165, 1.54) is 0 Å². The molecule has 5 heteroatoms. The molecule has 124 valence electrons. The van der Waals surface area contributed by atoms with E-state index >= 15 is 0 Å². The molecular formula is C19H19NO4. The van der Waals surface area contributed by atoms with Gasteiger partial charge < -0.3 is 15.2 Å². The summed E-state index contributed by atoms with van der Waals surface area (Å²) in [5, 5.41) is 12.0. The number of ether oxygens (including phenoxy) is 1. The highest BCUT2D eigenvalue weighted by atomic mass is 16.5. The summed E-state index contributed by atoms with van der Waals surface area (Å²) in [5.74, 6) is -0.366. The van der Waals surface area contributed by atoms with Gasteiger partial charge >= 0.3 is 5.97 Å². The van der Waals surface area contributed by atoms with Gasteiger partial charge in [-0.05, 0) is 43.2 Å². The molecule has 2 aromatic rings. The molecule has 24 heavy (non-hydrogen) atoms. The normalized spacial score (nSPS) is 19.7. The monoisotopic (exact) mass is 325 g/mol. The van der Waals surface area contributed by atoms with Crippen LogP contribution in [0.25, 0.3) is 0 Å². The van der Waals surface area contributed by atoms with Gasteiger partial charge in [0.15, 0.2) is 0 Å². The Hall–Kier alpha value is -2.82. The van der Waals surface area contributed by atoms with Crippen LogP contribution >= 0.6 is 0 Å². The van der Waals surface area contributed by atoms with Gasteiger partial charge in [0.1, 0.15) is 11.5 Å². The Kier molecular flexibility index (Phi) is 4.79. The molecule has 3 rings (SSSR count). The number of aliphatic carboxylic acids is 1. The fraction of sp³-hybridized carbons (Fsp3) is 0.263. The summed E-state index contributed by atoms with van der Waals surface area (Å²) >= 11 is 0. The Morgan fingerprint density at radius 3 is 2.50 bits per heavy atom. The largest absolute Gasteiger partial charge is 0.481 e. The van der Waals surface area contributed by atoms with Crippen LogP contribution in [-0.2, 0) is 4.79 Å². The highest BCUT2D eigenvalue weighted by molar-refractivity contribution is 5.95. The van der Waals surface area contributed by atoms with Crippen molar-refractivity contribution in [1.82, 2.24) is 5.32 Å². The molecule has 0 aliphatic heterocycles. The van der Waals surface area contributed by atoms with Gasteiger partial charge in [-0.2, -0.15) is 0 Å². The fourth-order valence-electron chi connectivity index (χ4n) is 3.01. The van der Waals surface area contributed by atoms with Crippen LogP contribution in [0.1, 0.15) is 29.6 Å². The maximum Gasteiger partial charge on any atom is 0.308 e. The molecule has 0 heterocycles. The molecule has 1 saturated carbocycles. The van der Waals surface area contributed by atoms with Crippen molar-refractivity contribution in [3.63, 3.8) is 0 Å². The lowest BCUT2D eigenvalue weighted by Gasteiger charge is -2.17. The van der Waals surface area contributed by atoms with Gasteiger partial charge in [-0.3, -0.25) is 9.59 Å². The maximum absolute atomic E-state index is 12.4.